The number of halogens is 3. The number of amidine groups is 2. The van der Waals surface area contributed by atoms with Crippen molar-refractivity contribution in [3.05, 3.63) is 89.0 Å². The molecule has 0 spiro atoms. The van der Waals surface area contributed by atoms with Crippen LogP contribution in [0.1, 0.15) is 22.3 Å². The predicted molar refractivity (Wildman–Crippen MR) is 148 cm³/mol. The van der Waals surface area contributed by atoms with Crippen LogP contribution < -0.4 is 10.1 Å². The van der Waals surface area contributed by atoms with E-state index in [1.165, 1.54) is 47.4 Å². The molecule has 3 aromatic carbocycles. The molecular formula is C27H23F3N6O2S. The maximum absolute atomic E-state index is 12.4. The van der Waals surface area contributed by atoms with Gasteiger partial charge in [-0.15, -0.1) is 13.2 Å². The topological polar surface area (TPSA) is 102 Å². The Bertz CT molecular complexity index is 1430. The fraction of sp³-hybridized carbons (Fsp3) is 0.148. The Morgan fingerprint density at radius 3 is 2.36 bits per heavy atom. The van der Waals surface area contributed by atoms with Crippen molar-refractivity contribution in [2.45, 2.75) is 20.2 Å². The van der Waals surface area contributed by atoms with E-state index < -0.39 is 6.36 Å². The van der Waals surface area contributed by atoms with Crippen molar-refractivity contribution in [3.63, 3.8) is 0 Å². The molecule has 1 amide bonds. The number of alkyl halides is 3. The number of carbonyl (C=O) groups excluding carboxylic acids is 1. The highest BCUT2D eigenvalue weighted by molar-refractivity contribution is 8.15. The lowest BCUT2D eigenvalue weighted by molar-refractivity contribution is -0.274. The number of aliphatic imine (C=N–C) groups is 2. The number of nitrogens with zero attached hydrogens (tertiary/aromatic N) is 4. The first-order valence-electron chi connectivity index (χ1n) is 11.6. The smallest absolute Gasteiger partial charge is 0.406 e. The van der Waals surface area contributed by atoms with Crippen LogP contribution >= 0.6 is 11.8 Å². The van der Waals surface area contributed by atoms with E-state index in [1.54, 1.807) is 30.5 Å². The van der Waals surface area contributed by atoms with E-state index in [0.717, 1.165) is 16.8 Å². The van der Waals surface area contributed by atoms with Crippen LogP contribution in [-0.4, -0.2) is 46.6 Å². The molecule has 4 rings (SSSR count). The van der Waals surface area contributed by atoms with Gasteiger partial charge in [0.25, 0.3) is 5.91 Å². The van der Waals surface area contributed by atoms with Gasteiger partial charge in [-0.3, -0.25) is 10.2 Å². The van der Waals surface area contributed by atoms with Crippen LogP contribution in [0.3, 0.4) is 0 Å². The number of hydrogen-bond acceptors (Lipinski definition) is 6. The molecule has 1 heterocycles. The van der Waals surface area contributed by atoms with Crippen molar-refractivity contribution in [2.24, 2.45) is 15.1 Å². The molecular weight excluding hydrogens is 529 g/mol. The molecule has 2 N–H and O–H groups in total. The third-order valence-corrected chi connectivity index (χ3v) is 6.32. The number of amides is 1. The summed E-state index contributed by atoms with van der Waals surface area (Å²) in [6.45, 7) is 3.93. The summed E-state index contributed by atoms with van der Waals surface area (Å²) in [6, 6.07) is 17.9. The zero-order chi connectivity index (χ0) is 28.0. The molecule has 0 atom stereocenters. The van der Waals surface area contributed by atoms with Crippen molar-refractivity contribution in [2.75, 3.05) is 11.1 Å². The van der Waals surface area contributed by atoms with Crippen LogP contribution in [0.4, 0.5) is 24.5 Å². The van der Waals surface area contributed by atoms with Crippen LogP contribution in [0.15, 0.2) is 81.8 Å². The molecule has 0 saturated carbocycles. The standard InChI is InChI=1S/C27H23F3N6O2S/c1-17-4-3-5-18(2)24(17)35-26-36(23(37)15-39-26)34-14-19-6-8-20(9-7-19)25(31)33-16-32-21-10-12-22(13-11-21)38-27(28,29)30/h3-14,16H,15H2,1-2H3,(H2,31,32,33)/b34-14+,35-26-. The zero-order valence-electron chi connectivity index (χ0n) is 20.9. The number of ether oxygens (including phenoxy) is 1. The Balaban J connectivity index is 1.36. The van der Waals surface area contributed by atoms with E-state index in [1.807, 2.05) is 32.0 Å². The first-order valence-corrected chi connectivity index (χ1v) is 12.6. The summed E-state index contributed by atoms with van der Waals surface area (Å²) in [5.74, 6) is -0.269. The summed E-state index contributed by atoms with van der Waals surface area (Å²) in [6.07, 6.45) is -1.94. The number of hydrogen-bond donors (Lipinski definition) is 2. The van der Waals surface area contributed by atoms with E-state index >= 15 is 0 Å². The first-order chi connectivity index (χ1) is 18.6. The Morgan fingerprint density at radius 2 is 1.72 bits per heavy atom. The van der Waals surface area contributed by atoms with Crippen molar-refractivity contribution < 1.29 is 22.7 Å². The minimum Gasteiger partial charge on any atom is -0.406 e. The quantitative estimate of drug-likeness (QED) is 0.267. The van der Waals surface area contributed by atoms with Gasteiger partial charge < -0.3 is 10.1 Å². The van der Waals surface area contributed by atoms with Gasteiger partial charge in [-0.2, -0.15) is 10.1 Å². The number of benzene rings is 3. The number of anilines is 1. The van der Waals surface area contributed by atoms with E-state index in [2.05, 4.69) is 25.1 Å². The Kier molecular flexibility index (Phi) is 8.45. The lowest BCUT2D eigenvalue weighted by Crippen LogP contribution is -2.23. The van der Waals surface area contributed by atoms with Gasteiger partial charge in [0.1, 0.15) is 5.75 Å². The van der Waals surface area contributed by atoms with Crippen LogP contribution in [0.25, 0.3) is 0 Å². The van der Waals surface area contributed by atoms with E-state index in [4.69, 9.17) is 5.41 Å². The molecule has 0 radical (unpaired) electrons. The van der Waals surface area contributed by atoms with Gasteiger partial charge >= 0.3 is 6.36 Å². The minimum absolute atomic E-state index is 0.0304. The van der Waals surface area contributed by atoms with E-state index in [0.29, 0.717) is 22.0 Å². The molecule has 0 aromatic heterocycles. The van der Waals surface area contributed by atoms with Gasteiger partial charge in [0.05, 0.1) is 24.0 Å². The van der Waals surface area contributed by atoms with Crippen LogP contribution in [0.5, 0.6) is 5.75 Å². The number of carbonyl (C=O) groups is 1. The minimum atomic E-state index is -4.75. The summed E-state index contributed by atoms with van der Waals surface area (Å²) in [5.41, 5.74) is 4.56. The van der Waals surface area contributed by atoms with E-state index in [9.17, 15) is 18.0 Å². The summed E-state index contributed by atoms with van der Waals surface area (Å²) in [4.78, 5) is 21.1. The van der Waals surface area contributed by atoms with E-state index in [-0.39, 0.29) is 23.2 Å². The first kappa shape index (κ1) is 27.6. The zero-order valence-corrected chi connectivity index (χ0v) is 21.7. The maximum Gasteiger partial charge on any atom is 0.573 e. The number of nitrogens with one attached hydrogen (secondary N) is 2. The number of hydrazone groups is 1. The summed E-state index contributed by atoms with van der Waals surface area (Å²) < 4.78 is 40.6. The molecule has 1 aliphatic rings. The molecule has 1 fully saturated rings. The molecule has 12 heteroatoms. The van der Waals surface area contributed by atoms with Crippen molar-refractivity contribution >= 4 is 52.6 Å². The van der Waals surface area contributed by atoms with Gasteiger partial charge in [0, 0.05) is 11.3 Å². The monoisotopic (exact) mass is 552 g/mol. The number of thioether (sulfide) groups is 1. The predicted octanol–water partition coefficient (Wildman–Crippen LogP) is 6.26. The van der Waals surface area contributed by atoms with Crippen molar-refractivity contribution in [3.8, 4) is 5.75 Å². The van der Waals surface area contributed by atoms with Gasteiger partial charge in [-0.25, -0.2) is 9.98 Å². The second-order valence-electron chi connectivity index (χ2n) is 8.32. The normalized spacial score (nSPS) is 15.1. The fourth-order valence-electron chi connectivity index (χ4n) is 3.48. The maximum atomic E-state index is 12.4. The highest BCUT2D eigenvalue weighted by atomic mass is 32.2. The van der Waals surface area contributed by atoms with Crippen LogP contribution in [-0.2, 0) is 4.79 Å². The largest absolute Gasteiger partial charge is 0.573 e. The van der Waals surface area contributed by atoms with Crippen molar-refractivity contribution in [1.82, 2.24) is 5.01 Å². The second kappa shape index (κ2) is 11.9. The third kappa shape index (κ3) is 7.54. The lowest BCUT2D eigenvalue weighted by atomic mass is 10.1. The Morgan fingerprint density at radius 1 is 1.05 bits per heavy atom. The van der Waals surface area contributed by atoms with Crippen LogP contribution in [0, 0.1) is 19.3 Å². The fourth-order valence-corrected chi connectivity index (χ4v) is 4.28. The molecule has 0 bridgehead atoms. The highest BCUT2D eigenvalue weighted by Gasteiger charge is 2.31. The molecule has 1 aliphatic heterocycles. The number of para-hydroxylation sites is 1. The van der Waals surface area contributed by atoms with Gasteiger partial charge in [0.2, 0.25) is 0 Å². The van der Waals surface area contributed by atoms with Gasteiger partial charge in [0.15, 0.2) is 11.0 Å². The number of aryl methyl sites for hydroxylation is 2. The summed E-state index contributed by atoms with van der Waals surface area (Å²) in [5, 5.41) is 17.1. The molecule has 3 aromatic rings. The summed E-state index contributed by atoms with van der Waals surface area (Å²) >= 11 is 1.33. The molecule has 0 aliphatic carbocycles. The number of rotatable bonds is 7. The molecule has 0 unspecified atom stereocenters. The summed E-state index contributed by atoms with van der Waals surface area (Å²) in [7, 11) is 0. The van der Waals surface area contributed by atoms with Gasteiger partial charge in [-0.1, -0.05) is 54.2 Å². The molecule has 8 nitrogen and oxygen atoms in total. The average molecular weight is 553 g/mol. The SMILES string of the molecule is Cc1cccc(C)c1/N=C1\SCC(=O)N1/N=C/c1ccc(C(=N)/N=C\Nc2ccc(OC(F)(F)F)cc2)cc1. The van der Waals surface area contributed by atoms with Crippen molar-refractivity contribution in [1.29, 1.82) is 5.41 Å². The Labute approximate surface area is 226 Å². The average Bonchev–Trinajstić information content (AvgIpc) is 3.24. The molecule has 1 saturated heterocycles. The van der Waals surface area contributed by atoms with Crippen LogP contribution in [0.2, 0.25) is 0 Å². The Hall–Kier alpha value is -4.45. The second-order valence-corrected chi connectivity index (χ2v) is 9.26. The molecule has 39 heavy (non-hydrogen) atoms. The third-order valence-electron chi connectivity index (χ3n) is 5.41. The van der Waals surface area contributed by atoms with Gasteiger partial charge in [-0.05, 0) is 54.8 Å². The highest BCUT2D eigenvalue weighted by Crippen LogP contribution is 2.29. The molecule has 200 valence electrons. The lowest BCUT2D eigenvalue weighted by Gasteiger charge is -2.11.